The van der Waals surface area contributed by atoms with Crippen molar-refractivity contribution in [2.24, 2.45) is 5.73 Å². The second-order valence-corrected chi connectivity index (χ2v) is 5.61. The van der Waals surface area contributed by atoms with Crippen molar-refractivity contribution >= 4 is 0 Å². The molecule has 0 atom stereocenters. The van der Waals surface area contributed by atoms with Crippen LogP contribution >= 0.6 is 0 Å². The Balaban J connectivity index is 2.96. The Labute approximate surface area is 116 Å². The maximum atomic E-state index is 5.96. The first-order chi connectivity index (χ1) is 8.80. The lowest BCUT2D eigenvalue weighted by atomic mass is 10.0. The van der Waals surface area contributed by atoms with Crippen LogP contribution in [0.5, 0.6) is 11.5 Å². The molecule has 0 bridgehead atoms. The van der Waals surface area contributed by atoms with Gasteiger partial charge in [0.25, 0.3) is 0 Å². The highest BCUT2D eigenvalue weighted by atomic mass is 16.5. The van der Waals surface area contributed by atoms with Crippen LogP contribution in [-0.2, 0) is 6.54 Å². The van der Waals surface area contributed by atoms with E-state index in [2.05, 4.69) is 5.32 Å². The van der Waals surface area contributed by atoms with Gasteiger partial charge in [0.1, 0.15) is 11.5 Å². The third-order valence-electron chi connectivity index (χ3n) is 3.19. The summed E-state index contributed by atoms with van der Waals surface area (Å²) < 4.78 is 10.9. The van der Waals surface area contributed by atoms with Crippen molar-refractivity contribution in [3.8, 4) is 11.5 Å². The minimum absolute atomic E-state index is 0.225. The Morgan fingerprint density at radius 2 is 1.79 bits per heavy atom. The fraction of sp³-hybridized carbons (Fsp3) is 0.600. The van der Waals surface area contributed by atoms with E-state index in [9.17, 15) is 0 Å². The standard InChI is InChI=1S/C15H26N2O2/c1-10-11(2)14(19-6)12(7-13(10)18-5)8-17-9-15(3,4)16/h7,17H,8-9,16H2,1-6H3. The van der Waals surface area contributed by atoms with Gasteiger partial charge in [0.15, 0.2) is 0 Å². The molecule has 19 heavy (non-hydrogen) atoms. The number of nitrogens with two attached hydrogens (primary N) is 1. The van der Waals surface area contributed by atoms with Crippen LogP contribution in [0.15, 0.2) is 6.07 Å². The highest BCUT2D eigenvalue weighted by molar-refractivity contribution is 5.52. The molecule has 1 aromatic rings. The van der Waals surface area contributed by atoms with E-state index in [1.165, 1.54) is 0 Å². The first-order valence-corrected chi connectivity index (χ1v) is 6.50. The van der Waals surface area contributed by atoms with Gasteiger partial charge < -0.3 is 20.5 Å². The number of rotatable bonds is 6. The van der Waals surface area contributed by atoms with Crippen molar-refractivity contribution in [2.45, 2.75) is 39.8 Å². The van der Waals surface area contributed by atoms with E-state index in [0.29, 0.717) is 6.54 Å². The minimum atomic E-state index is -0.225. The van der Waals surface area contributed by atoms with E-state index in [0.717, 1.165) is 34.7 Å². The fourth-order valence-electron chi connectivity index (χ4n) is 2.07. The average molecular weight is 266 g/mol. The third-order valence-corrected chi connectivity index (χ3v) is 3.19. The fourth-order valence-corrected chi connectivity index (χ4v) is 2.07. The molecular weight excluding hydrogens is 240 g/mol. The van der Waals surface area contributed by atoms with Crippen molar-refractivity contribution in [3.05, 3.63) is 22.8 Å². The largest absolute Gasteiger partial charge is 0.496 e. The number of benzene rings is 1. The second-order valence-electron chi connectivity index (χ2n) is 5.61. The molecule has 0 aliphatic carbocycles. The molecule has 0 amide bonds. The summed E-state index contributed by atoms with van der Waals surface area (Å²) in [6, 6.07) is 2.03. The lowest BCUT2D eigenvalue weighted by Crippen LogP contribution is -2.42. The molecule has 0 saturated heterocycles. The number of nitrogens with one attached hydrogen (secondary N) is 1. The molecule has 0 aliphatic rings. The van der Waals surface area contributed by atoms with Crippen molar-refractivity contribution in [3.63, 3.8) is 0 Å². The molecule has 0 radical (unpaired) electrons. The molecule has 108 valence electrons. The van der Waals surface area contributed by atoms with E-state index >= 15 is 0 Å². The smallest absolute Gasteiger partial charge is 0.126 e. The molecule has 0 spiro atoms. The summed E-state index contributed by atoms with van der Waals surface area (Å²) in [5, 5.41) is 3.35. The van der Waals surface area contributed by atoms with Gasteiger partial charge in [-0.05, 0) is 44.9 Å². The van der Waals surface area contributed by atoms with Crippen LogP contribution in [0.4, 0.5) is 0 Å². The normalized spacial score (nSPS) is 11.5. The zero-order chi connectivity index (χ0) is 14.6. The number of methoxy groups -OCH3 is 2. The van der Waals surface area contributed by atoms with E-state index in [1.807, 2.05) is 33.8 Å². The maximum absolute atomic E-state index is 5.96. The number of ether oxygens (including phenoxy) is 2. The zero-order valence-corrected chi connectivity index (χ0v) is 12.9. The number of hydrogen-bond donors (Lipinski definition) is 2. The summed E-state index contributed by atoms with van der Waals surface area (Å²) in [4.78, 5) is 0. The molecule has 0 fully saturated rings. The van der Waals surface area contributed by atoms with Gasteiger partial charge in [-0.3, -0.25) is 0 Å². The van der Waals surface area contributed by atoms with Gasteiger partial charge in [0.2, 0.25) is 0 Å². The van der Waals surface area contributed by atoms with Crippen molar-refractivity contribution in [1.29, 1.82) is 0 Å². The maximum Gasteiger partial charge on any atom is 0.126 e. The topological polar surface area (TPSA) is 56.5 Å². The van der Waals surface area contributed by atoms with Crippen LogP contribution in [0.3, 0.4) is 0 Å². The summed E-state index contributed by atoms with van der Waals surface area (Å²) in [7, 11) is 3.39. The summed E-state index contributed by atoms with van der Waals surface area (Å²) >= 11 is 0. The van der Waals surface area contributed by atoms with Crippen molar-refractivity contribution in [2.75, 3.05) is 20.8 Å². The van der Waals surface area contributed by atoms with Gasteiger partial charge in [0.05, 0.1) is 14.2 Å². The van der Waals surface area contributed by atoms with Crippen LogP contribution in [0, 0.1) is 13.8 Å². The highest BCUT2D eigenvalue weighted by Crippen LogP contribution is 2.33. The summed E-state index contributed by atoms with van der Waals surface area (Å²) in [5.41, 5.74) is 9.06. The lowest BCUT2D eigenvalue weighted by molar-refractivity contribution is 0.389. The molecule has 4 nitrogen and oxygen atoms in total. The highest BCUT2D eigenvalue weighted by Gasteiger charge is 2.15. The van der Waals surface area contributed by atoms with Gasteiger partial charge in [-0.1, -0.05) is 0 Å². The van der Waals surface area contributed by atoms with E-state index in [-0.39, 0.29) is 5.54 Å². The van der Waals surface area contributed by atoms with Crippen LogP contribution in [0.25, 0.3) is 0 Å². The molecule has 0 heterocycles. The van der Waals surface area contributed by atoms with Gasteiger partial charge >= 0.3 is 0 Å². The molecule has 3 N–H and O–H groups in total. The summed E-state index contributed by atoms with van der Waals surface area (Å²) in [6.07, 6.45) is 0. The van der Waals surface area contributed by atoms with Crippen LogP contribution in [0.1, 0.15) is 30.5 Å². The van der Waals surface area contributed by atoms with Crippen molar-refractivity contribution in [1.82, 2.24) is 5.32 Å². The average Bonchev–Trinajstić information content (AvgIpc) is 2.32. The molecule has 0 aromatic heterocycles. The van der Waals surface area contributed by atoms with Crippen LogP contribution < -0.4 is 20.5 Å². The van der Waals surface area contributed by atoms with E-state index < -0.39 is 0 Å². The van der Waals surface area contributed by atoms with Gasteiger partial charge in [-0.2, -0.15) is 0 Å². The summed E-state index contributed by atoms with van der Waals surface area (Å²) in [5.74, 6) is 1.81. The Hall–Kier alpha value is -1.26. The first-order valence-electron chi connectivity index (χ1n) is 6.50. The quantitative estimate of drug-likeness (QED) is 0.828. The predicted octanol–water partition coefficient (Wildman–Crippen LogP) is 2.15. The Morgan fingerprint density at radius 3 is 2.26 bits per heavy atom. The van der Waals surface area contributed by atoms with Crippen molar-refractivity contribution < 1.29 is 9.47 Å². The molecule has 4 heteroatoms. The van der Waals surface area contributed by atoms with E-state index in [4.69, 9.17) is 15.2 Å². The molecule has 0 unspecified atom stereocenters. The summed E-state index contributed by atoms with van der Waals surface area (Å²) in [6.45, 7) is 9.53. The molecule has 0 saturated carbocycles. The molecule has 1 aromatic carbocycles. The molecule has 1 rings (SSSR count). The Kier molecular flexibility index (Phi) is 5.20. The van der Waals surface area contributed by atoms with Crippen LogP contribution in [-0.4, -0.2) is 26.3 Å². The van der Waals surface area contributed by atoms with Gasteiger partial charge in [-0.25, -0.2) is 0 Å². The van der Waals surface area contributed by atoms with Crippen LogP contribution in [0.2, 0.25) is 0 Å². The van der Waals surface area contributed by atoms with Gasteiger partial charge in [0, 0.05) is 24.2 Å². The first kappa shape index (κ1) is 15.8. The SMILES string of the molecule is COc1cc(CNCC(C)(C)N)c(OC)c(C)c1C. The van der Waals surface area contributed by atoms with Gasteiger partial charge in [-0.15, -0.1) is 0 Å². The minimum Gasteiger partial charge on any atom is -0.496 e. The number of hydrogen-bond acceptors (Lipinski definition) is 4. The lowest BCUT2D eigenvalue weighted by Gasteiger charge is -2.21. The van der Waals surface area contributed by atoms with E-state index in [1.54, 1.807) is 14.2 Å². The Bertz CT molecular complexity index is 437. The Morgan fingerprint density at radius 1 is 1.16 bits per heavy atom. The second kappa shape index (κ2) is 6.26. The third kappa shape index (κ3) is 4.11. The molecule has 0 aliphatic heterocycles. The molecular formula is C15H26N2O2. The predicted molar refractivity (Wildman–Crippen MR) is 79.0 cm³/mol. The monoisotopic (exact) mass is 266 g/mol. The zero-order valence-electron chi connectivity index (χ0n) is 12.9.